The second kappa shape index (κ2) is 10.8. The van der Waals surface area contributed by atoms with Crippen molar-refractivity contribution in [2.24, 2.45) is 5.10 Å². The average Bonchev–Trinajstić information content (AvgIpc) is 2.87. The topological polar surface area (TPSA) is 34.1 Å². The van der Waals surface area contributed by atoms with Crippen LogP contribution in [0.15, 0.2) is 114 Å². The molecule has 4 aromatic rings. The summed E-state index contributed by atoms with van der Waals surface area (Å²) in [5, 5.41) is 6.43. The minimum Gasteiger partial charge on any atom is -0.489 e. The fourth-order valence-electron chi connectivity index (χ4n) is 3.17. The van der Waals surface area contributed by atoms with Crippen molar-refractivity contribution in [1.82, 2.24) is 0 Å². The lowest BCUT2D eigenvalue weighted by Crippen LogP contribution is -2.09. The molecule has 0 saturated heterocycles. The molecule has 0 aromatic heterocycles. The molecular formula is C28H26N2O2. The number of ether oxygens (including phenoxy) is 2. The molecule has 0 aliphatic rings. The largest absolute Gasteiger partial charge is 0.489 e. The molecule has 0 aliphatic carbocycles. The van der Waals surface area contributed by atoms with Crippen LogP contribution >= 0.6 is 0 Å². The zero-order chi connectivity index (χ0) is 22.0. The molecule has 4 nitrogen and oxygen atoms in total. The van der Waals surface area contributed by atoms with Gasteiger partial charge in [0.15, 0.2) is 0 Å². The highest BCUT2D eigenvalue weighted by atomic mass is 16.5. The molecule has 0 bridgehead atoms. The summed E-state index contributed by atoms with van der Waals surface area (Å²) in [6, 6.07) is 36.1. The molecule has 0 saturated carbocycles. The highest BCUT2D eigenvalue weighted by Crippen LogP contribution is 2.26. The van der Waals surface area contributed by atoms with Gasteiger partial charge in [-0.2, -0.15) is 5.10 Å². The van der Waals surface area contributed by atoms with Gasteiger partial charge in [0.05, 0.1) is 11.9 Å². The van der Waals surface area contributed by atoms with Crippen LogP contribution in [0.4, 0.5) is 5.69 Å². The molecule has 0 aliphatic heterocycles. The predicted octanol–water partition coefficient (Wildman–Crippen LogP) is 6.31. The van der Waals surface area contributed by atoms with Gasteiger partial charge < -0.3 is 9.47 Å². The third-order valence-electron chi connectivity index (χ3n) is 4.97. The van der Waals surface area contributed by atoms with Crippen LogP contribution in [0.2, 0.25) is 0 Å². The van der Waals surface area contributed by atoms with Gasteiger partial charge in [0.1, 0.15) is 24.7 Å². The molecule has 0 spiro atoms. The quantitative estimate of drug-likeness (QED) is 0.234. The van der Waals surface area contributed by atoms with E-state index in [1.807, 2.05) is 127 Å². The summed E-state index contributed by atoms with van der Waals surface area (Å²) >= 11 is 0. The van der Waals surface area contributed by atoms with Crippen molar-refractivity contribution in [3.63, 3.8) is 0 Å². The van der Waals surface area contributed by atoms with Crippen molar-refractivity contribution in [2.75, 3.05) is 12.1 Å². The number of hydrazone groups is 1. The van der Waals surface area contributed by atoms with E-state index in [4.69, 9.17) is 9.47 Å². The van der Waals surface area contributed by atoms with Gasteiger partial charge in [-0.3, -0.25) is 5.01 Å². The summed E-state index contributed by atoms with van der Waals surface area (Å²) in [6.45, 7) is 0.974. The first kappa shape index (κ1) is 21.2. The van der Waals surface area contributed by atoms with Gasteiger partial charge in [-0.05, 0) is 35.4 Å². The van der Waals surface area contributed by atoms with Gasteiger partial charge in [-0.25, -0.2) is 0 Å². The van der Waals surface area contributed by atoms with Crippen LogP contribution in [-0.4, -0.2) is 13.3 Å². The smallest absolute Gasteiger partial charge is 0.132 e. The molecule has 4 aromatic carbocycles. The Morgan fingerprint density at radius 1 is 0.688 bits per heavy atom. The van der Waals surface area contributed by atoms with Crippen molar-refractivity contribution < 1.29 is 9.47 Å². The van der Waals surface area contributed by atoms with Crippen LogP contribution in [0.25, 0.3) is 0 Å². The summed E-state index contributed by atoms with van der Waals surface area (Å²) in [4.78, 5) is 0. The van der Waals surface area contributed by atoms with Gasteiger partial charge in [0, 0.05) is 18.7 Å². The molecular weight excluding hydrogens is 396 g/mol. The van der Waals surface area contributed by atoms with Gasteiger partial charge in [0.25, 0.3) is 0 Å². The maximum Gasteiger partial charge on any atom is 0.132 e. The Balaban J connectivity index is 1.52. The van der Waals surface area contributed by atoms with Crippen LogP contribution in [0.5, 0.6) is 11.5 Å². The van der Waals surface area contributed by atoms with Crippen molar-refractivity contribution in [3.8, 4) is 11.5 Å². The van der Waals surface area contributed by atoms with Crippen LogP contribution < -0.4 is 14.5 Å². The highest BCUT2D eigenvalue weighted by molar-refractivity contribution is 5.84. The van der Waals surface area contributed by atoms with Crippen LogP contribution in [-0.2, 0) is 13.2 Å². The SMILES string of the molecule is CN(/N=C/c1ccc(OCc2ccccc2)cc1OCc1ccccc1)c1ccccc1. The fraction of sp³-hybridized carbons (Fsp3) is 0.107. The zero-order valence-electron chi connectivity index (χ0n) is 18.1. The Hall–Kier alpha value is -4.05. The average molecular weight is 423 g/mol. The molecule has 0 atom stereocenters. The molecule has 4 heteroatoms. The number of benzene rings is 4. The highest BCUT2D eigenvalue weighted by Gasteiger charge is 2.07. The number of anilines is 1. The molecule has 32 heavy (non-hydrogen) atoms. The summed E-state index contributed by atoms with van der Waals surface area (Å²) in [5.41, 5.74) is 4.12. The van der Waals surface area contributed by atoms with E-state index in [1.54, 1.807) is 0 Å². The predicted molar refractivity (Wildman–Crippen MR) is 130 cm³/mol. The Morgan fingerprint density at radius 2 is 1.25 bits per heavy atom. The van der Waals surface area contributed by atoms with Gasteiger partial charge >= 0.3 is 0 Å². The fourth-order valence-corrected chi connectivity index (χ4v) is 3.17. The minimum absolute atomic E-state index is 0.471. The Bertz CT molecular complexity index is 1130. The maximum absolute atomic E-state index is 6.16. The molecule has 0 fully saturated rings. The van der Waals surface area contributed by atoms with E-state index < -0.39 is 0 Å². The zero-order valence-corrected chi connectivity index (χ0v) is 18.1. The van der Waals surface area contributed by atoms with Crippen molar-refractivity contribution in [3.05, 3.63) is 126 Å². The summed E-state index contributed by atoms with van der Waals surface area (Å²) in [7, 11) is 1.92. The number of para-hydroxylation sites is 1. The molecule has 4 rings (SSSR count). The first-order chi connectivity index (χ1) is 15.8. The normalized spacial score (nSPS) is 10.8. The first-order valence-corrected chi connectivity index (χ1v) is 10.6. The van der Waals surface area contributed by atoms with Crippen molar-refractivity contribution in [1.29, 1.82) is 0 Å². The molecule has 0 heterocycles. The van der Waals surface area contributed by atoms with E-state index in [1.165, 1.54) is 0 Å². The number of hydrogen-bond acceptors (Lipinski definition) is 4. The molecule has 0 radical (unpaired) electrons. The second-order valence-corrected chi connectivity index (χ2v) is 7.35. The third kappa shape index (κ3) is 5.99. The number of nitrogens with zero attached hydrogens (tertiary/aromatic N) is 2. The summed E-state index contributed by atoms with van der Waals surface area (Å²) in [5.74, 6) is 1.48. The van der Waals surface area contributed by atoms with Crippen LogP contribution in [0, 0.1) is 0 Å². The third-order valence-corrected chi connectivity index (χ3v) is 4.97. The van der Waals surface area contributed by atoms with Gasteiger partial charge in [-0.1, -0.05) is 78.9 Å². The lowest BCUT2D eigenvalue weighted by molar-refractivity contribution is 0.289. The van der Waals surface area contributed by atoms with Crippen LogP contribution in [0.3, 0.4) is 0 Å². The standard InChI is InChI=1S/C28H26N2O2/c1-30(26-15-9-4-10-16-26)29-20-25-17-18-27(31-21-23-11-5-2-6-12-23)19-28(25)32-22-24-13-7-3-8-14-24/h2-20H,21-22H2,1H3/b29-20+. The van der Waals surface area contributed by atoms with E-state index >= 15 is 0 Å². The Labute approximate surface area is 189 Å². The Morgan fingerprint density at radius 3 is 1.88 bits per heavy atom. The summed E-state index contributed by atoms with van der Waals surface area (Å²) in [6.07, 6.45) is 1.81. The van der Waals surface area contributed by atoms with E-state index in [2.05, 4.69) is 5.10 Å². The molecule has 160 valence electrons. The Kier molecular flexibility index (Phi) is 7.17. The summed E-state index contributed by atoms with van der Waals surface area (Å²) < 4.78 is 12.2. The first-order valence-electron chi connectivity index (χ1n) is 10.6. The van der Waals surface area contributed by atoms with E-state index in [0.29, 0.717) is 13.2 Å². The monoisotopic (exact) mass is 422 g/mol. The van der Waals surface area contributed by atoms with Crippen LogP contribution in [0.1, 0.15) is 16.7 Å². The lowest BCUT2D eigenvalue weighted by atomic mass is 10.2. The van der Waals surface area contributed by atoms with E-state index in [-0.39, 0.29) is 0 Å². The maximum atomic E-state index is 6.16. The van der Waals surface area contributed by atoms with E-state index in [9.17, 15) is 0 Å². The van der Waals surface area contributed by atoms with E-state index in [0.717, 1.165) is 33.9 Å². The minimum atomic E-state index is 0.471. The molecule has 0 N–H and O–H groups in total. The van der Waals surface area contributed by atoms with Gasteiger partial charge in [0.2, 0.25) is 0 Å². The lowest BCUT2D eigenvalue weighted by Gasteiger charge is -2.14. The number of hydrogen-bond donors (Lipinski definition) is 0. The molecule has 0 unspecified atom stereocenters. The van der Waals surface area contributed by atoms with Gasteiger partial charge in [-0.15, -0.1) is 0 Å². The van der Waals surface area contributed by atoms with Crippen molar-refractivity contribution >= 4 is 11.9 Å². The number of rotatable bonds is 9. The van der Waals surface area contributed by atoms with Crippen molar-refractivity contribution in [2.45, 2.75) is 13.2 Å². The molecule has 0 amide bonds. The second-order valence-electron chi connectivity index (χ2n) is 7.35.